The van der Waals surface area contributed by atoms with Crippen LogP contribution in [0.2, 0.25) is 0 Å². The molecule has 0 aliphatic carbocycles. The van der Waals surface area contributed by atoms with Gasteiger partial charge in [-0.05, 0) is 66.3 Å². The number of rotatable bonds is 7. The Morgan fingerprint density at radius 3 is 2.25 bits per heavy atom. The largest absolute Gasteiger partial charge is 0.507 e. The number of carbonyl (C=O) groups excluding carboxylic acids is 3. The number of aliphatic hydroxyl groups is 1. The zero-order chi connectivity index (χ0) is 29.2. The molecule has 208 valence electrons. The summed E-state index contributed by atoms with van der Waals surface area (Å²) in [7, 11) is 1.28. The smallest absolute Gasteiger partial charge is 0.337 e. The highest BCUT2D eigenvalue weighted by atomic mass is 16.5. The van der Waals surface area contributed by atoms with E-state index < -0.39 is 23.7 Å². The molecule has 3 aromatic carbocycles. The number of ketones is 1. The number of anilines is 1. The fourth-order valence-corrected chi connectivity index (χ4v) is 4.95. The summed E-state index contributed by atoms with van der Waals surface area (Å²) < 4.78 is 10.7. The lowest BCUT2D eigenvalue weighted by molar-refractivity contribution is -0.132. The average molecular weight is 542 g/mol. The second-order valence-corrected chi connectivity index (χ2v) is 10.7. The van der Waals surface area contributed by atoms with Crippen molar-refractivity contribution in [1.82, 2.24) is 0 Å². The van der Waals surface area contributed by atoms with Crippen LogP contribution in [0.3, 0.4) is 0 Å². The quantitative estimate of drug-likeness (QED) is 0.162. The minimum atomic E-state index is -0.913. The van der Waals surface area contributed by atoms with Gasteiger partial charge in [-0.15, -0.1) is 0 Å². The molecule has 7 nitrogen and oxygen atoms in total. The topological polar surface area (TPSA) is 93.1 Å². The summed E-state index contributed by atoms with van der Waals surface area (Å²) in [5.74, 6) is -1.75. The van der Waals surface area contributed by atoms with Gasteiger partial charge >= 0.3 is 5.97 Å². The van der Waals surface area contributed by atoms with Crippen LogP contribution < -0.4 is 9.64 Å². The number of carbonyl (C=O) groups is 3. The molecule has 0 aromatic heterocycles. The fourth-order valence-electron chi connectivity index (χ4n) is 4.95. The molecule has 3 aromatic rings. The molecular formula is C33H35NO6. The monoisotopic (exact) mass is 541 g/mol. The first kappa shape index (κ1) is 28.6. The standard InChI is InChI=1S/C33H35NO6/c1-7-20-12-14-21(15-13-20)28-27(29(35)22-16-17-26(40-8-2)25(19-22)33(3,4)5)30(36)31(37)34(28)24-11-9-10-23(18-24)32(38)39-6/h9-19,28,35H,7-8H2,1-6H3/b29-27-. The third-order valence-electron chi connectivity index (χ3n) is 7.05. The van der Waals surface area contributed by atoms with Gasteiger partial charge in [-0.3, -0.25) is 14.5 Å². The molecule has 1 saturated heterocycles. The minimum Gasteiger partial charge on any atom is -0.507 e. The maximum atomic E-state index is 13.6. The maximum absolute atomic E-state index is 13.6. The molecule has 1 aliphatic heterocycles. The van der Waals surface area contributed by atoms with Crippen molar-refractivity contribution in [2.24, 2.45) is 0 Å². The molecule has 0 saturated carbocycles. The van der Waals surface area contributed by atoms with E-state index in [0.717, 1.165) is 17.5 Å². The van der Waals surface area contributed by atoms with E-state index in [1.807, 2.05) is 65.0 Å². The summed E-state index contributed by atoms with van der Waals surface area (Å²) in [6.45, 7) is 10.5. The lowest BCUT2D eigenvalue weighted by atomic mass is 9.84. The number of aryl methyl sites for hydroxylation is 1. The molecule has 40 heavy (non-hydrogen) atoms. The SMILES string of the molecule is CCOc1ccc(/C(O)=C2/C(=O)C(=O)N(c3cccc(C(=O)OC)c3)C2c2ccc(CC)cc2)cc1C(C)(C)C. The second-order valence-electron chi connectivity index (χ2n) is 10.7. The zero-order valence-corrected chi connectivity index (χ0v) is 23.8. The maximum Gasteiger partial charge on any atom is 0.337 e. The number of Topliss-reactive ketones (excluding diaryl/α,β-unsaturated/α-hetero) is 1. The first-order chi connectivity index (χ1) is 19.0. The predicted octanol–water partition coefficient (Wildman–Crippen LogP) is 6.36. The number of nitrogens with zero attached hydrogens (tertiary/aromatic N) is 1. The number of amides is 1. The van der Waals surface area contributed by atoms with E-state index in [2.05, 4.69) is 0 Å². The van der Waals surface area contributed by atoms with Crippen molar-refractivity contribution in [1.29, 1.82) is 0 Å². The van der Waals surface area contributed by atoms with Gasteiger partial charge in [0.15, 0.2) is 0 Å². The van der Waals surface area contributed by atoms with E-state index in [4.69, 9.17) is 9.47 Å². The molecule has 0 radical (unpaired) electrons. The molecular weight excluding hydrogens is 506 g/mol. The Labute approximate surface area is 235 Å². The Bertz CT molecular complexity index is 1480. The van der Waals surface area contributed by atoms with E-state index in [0.29, 0.717) is 29.2 Å². The molecule has 0 spiro atoms. The molecule has 1 unspecified atom stereocenters. The Morgan fingerprint density at radius 1 is 0.950 bits per heavy atom. The molecule has 1 N–H and O–H groups in total. The van der Waals surface area contributed by atoms with Gasteiger partial charge in [0, 0.05) is 16.8 Å². The molecule has 1 aliphatic rings. The molecule has 4 rings (SSSR count). The third kappa shape index (κ3) is 5.37. The Morgan fingerprint density at radius 2 is 1.65 bits per heavy atom. The van der Waals surface area contributed by atoms with Gasteiger partial charge in [-0.25, -0.2) is 4.79 Å². The summed E-state index contributed by atoms with van der Waals surface area (Å²) >= 11 is 0. The van der Waals surface area contributed by atoms with Crippen molar-refractivity contribution in [2.45, 2.75) is 52.5 Å². The number of benzene rings is 3. The number of methoxy groups -OCH3 is 1. The van der Waals surface area contributed by atoms with Crippen molar-refractivity contribution in [2.75, 3.05) is 18.6 Å². The molecule has 1 atom stereocenters. The van der Waals surface area contributed by atoms with Gasteiger partial charge < -0.3 is 14.6 Å². The Kier molecular flexibility index (Phi) is 8.14. The van der Waals surface area contributed by atoms with Crippen LogP contribution in [0, 0.1) is 0 Å². The average Bonchev–Trinajstić information content (AvgIpc) is 3.22. The molecule has 7 heteroatoms. The zero-order valence-electron chi connectivity index (χ0n) is 23.8. The van der Waals surface area contributed by atoms with Crippen LogP contribution in [0.1, 0.15) is 73.3 Å². The Hall–Kier alpha value is -4.39. The molecule has 0 bridgehead atoms. The number of aliphatic hydroxyl groups excluding tert-OH is 1. The fraction of sp³-hybridized carbons (Fsp3) is 0.303. The number of hydrogen-bond acceptors (Lipinski definition) is 6. The third-order valence-corrected chi connectivity index (χ3v) is 7.05. The summed E-state index contributed by atoms with van der Waals surface area (Å²) in [5.41, 5.74) is 3.27. The lowest BCUT2D eigenvalue weighted by Crippen LogP contribution is -2.29. The van der Waals surface area contributed by atoms with E-state index in [9.17, 15) is 19.5 Å². The van der Waals surface area contributed by atoms with Crippen LogP contribution in [0.25, 0.3) is 5.76 Å². The predicted molar refractivity (Wildman–Crippen MR) is 155 cm³/mol. The minimum absolute atomic E-state index is 0.0262. The summed E-state index contributed by atoms with van der Waals surface area (Å²) in [5, 5.41) is 11.7. The van der Waals surface area contributed by atoms with Crippen molar-refractivity contribution in [3.8, 4) is 5.75 Å². The van der Waals surface area contributed by atoms with Crippen molar-refractivity contribution >= 4 is 29.1 Å². The summed E-state index contributed by atoms with van der Waals surface area (Å²) in [6, 6.07) is 18.3. The van der Waals surface area contributed by atoms with Crippen LogP contribution in [0.15, 0.2) is 72.3 Å². The van der Waals surface area contributed by atoms with Crippen molar-refractivity contribution in [3.63, 3.8) is 0 Å². The van der Waals surface area contributed by atoms with Gasteiger partial charge in [-0.1, -0.05) is 58.0 Å². The van der Waals surface area contributed by atoms with E-state index in [1.54, 1.807) is 30.3 Å². The molecule has 1 fully saturated rings. The normalized spacial score (nSPS) is 16.8. The van der Waals surface area contributed by atoms with E-state index in [-0.39, 0.29) is 22.3 Å². The second kappa shape index (κ2) is 11.4. The van der Waals surface area contributed by atoms with Gasteiger partial charge in [0.25, 0.3) is 11.7 Å². The number of ether oxygens (including phenoxy) is 2. The summed E-state index contributed by atoms with van der Waals surface area (Å²) in [4.78, 5) is 40.8. The molecule has 1 heterocycles. The molecule has 1 amide bonds. The number of hydrogen-bond donors (Lipinski definition) is 1. The van der Waals surface area contributed by atoms with Crippen LogP contribution in [0.4, 0.5) is 5.69 Å². The van der Waals surface area contributed by atoms with Crippen LogP contribution in [0.5, 0.6) is 5.75 Å². The van der Waals surface area contributed by atoms with E-state index in [1.165, 1.54) is 18.1 Å². The van der Waals surface area contributed by atoms with Gasteiger partial charge in [-0.2, -0.15) is 0 Å². The van der Waals surface area contributed by atoms with Crippen molar-refractivity contribution < 1.29 is 29.0 Å². The first-order valence-electron chi connectivity index (χ1n) is 13.4. The Balaban J connectivity index is 1.95. The van der Waals surface area contributed by atoms with Crippen molar-refractivity contribution in [3.05, 3.63) is 100 Å². The highest BCUT2D eigenvalue weighted by molar-refractivity contribution is 6.51. The highest BCUT2D eigenvalue weighted by Gasteiger charge is 2.47. The van der Waals surface area contributed by atoms with Crippen LogP contribution in [-0.2, 0) is 26.2 Å². The van der Waals surface area contributed by atoms with E-state index >= 15 is 0 Å². The summed E-state index contributed by atoms with van der Waals surface area (Å²) in [6.07, 6.45) is 0.823. The first-order valence-corrected chi connectivity index (χ1v) is 13.4. The lowest BCUT2D eigenvalue weighted by Gasteiger charge is -2.26. The van der Waals surface area contributed by atoms with Crippen LogP contribution in [-0.4, -0.2) is 36.5 Å². The van der Waals surface area contributed by atoms with Gasteiger partial charge in [0.05, 0.1) is 30.9 Å². The highest BCUT2D eigenvalue weighted by Crippen LogP contribution is 2.43. The van der Waals surface area contributed by atoms with Gasteiger partial charge in [0.1, 0.15) is 11.5 Å². The van der Waals surface area contributed by atoms with Crippen LogP contribution >= 0.6 is 0 Å². The number of esters is 1. The van der Waals surface area contributed by atoms with Gasteiger partial charge in [0.2, 0.25) is 0 Å².